The maximum absolute atomic E-state index is 13.2. The molecule has 0 unspecified atom stereocenters. The lowest BCUT2D eigenvalue weighted by Gasteiger charge is -2.05. The number of halogens is 1. The Hall–Kier alpha value is -2.88. The normalized spacial score (nSPS) is 11.9. The van der Waals surface area contributed by atoms with Crippen LogP contribution in [0.3, 0.4) is 0 Å². The van der Waals surface area contributed by atoms with E-state index in [1.54, 1.807) is 25.1 Å². The van der Waals surface area contributed by atoms with Crippen molar-refractivity contribution < 1.29 is 18.7 Å². The highest BCUT2D eigenvalue weighted by Crippen LogP contribution is 2.36. The van der Waals surface area contributed by atoms with Gasteiger partial charge in [0.2, 0.25) is 0 Å². The maximum Gasteiger partial charge on any atom is 0.330 e. The lowest BCUT2D eigenvalue weighted by atomic mass is 9.97. The van der Waals surface area contributed by atoms with E-state index in [0.717, 1.165) is 39.0 Å². The number of aryl methyl sites for hydroxylation is 2. The lowest BCUT2D eigenvalue weighted by molar-refractivity contribution is -0.132. The van der Waals surface area contributed by atoms with Gasteiger partial charge in [0.15, 0.2) is 0 Å². The van der Waals surface area contributed by atoms with E-state index in [1.807, 2.05) is 26.0 Å². The predicted octanol–water partition coefficient (Wildman–Crippen LogP) is 5.43. The molecule has 1 N–H and O–H groups in total. The van der Waals surface area contributed by atoms with Gasteiger partial charge in [-0.15, -0.1) is 0 Å². The van der Waals surface area contributed by atoms with Crippen molar-refractivity contribution in [2.24, 2.45) is 0 Å². The van der Waals surface area contributed by atoms with Crippen LogP contribution in [0, 0.1) is 19.7 Å². The molecule has 0 atom stereocenters. The topological polar surface area (TPSA) is 50.4 Å². The van der Waals surface area contributed by atoms with Crippen LogP contribution in [0.25, 0.3) is 22.3 Å². The molecule has 2 aromatic carbocycles. The fourth-order valence-electron chi connectivity index (χ4n) is 3.03. The van der Waals surface area contributed by atoms with Crippen LogP contribution in [0.1, 0.15) is 23.6 Å². The number of benzene rings is 2. The van der Waals surface area contributed by atoms with E-state index in [2.05, 4.69) is 0 Å². The molecule has 3 nitrogen and oxygen atoms in total. The Kier molecular flexibility index (Phi) is 4.45. The third-order valence-corrected chi connectivity index (χ3v) is 4.54. The van der Waals surface area contributed by atoms with E-state index in [9.17, 15) is 9.18 Å². The number of hydrogen-bond donors (Lipinski definition) is 1. The van der Waals surface area contributed by atoms with Crippen LogP contribution in [0.5, 0.6) is 0 Å². The van der Waals surface area contributed by atoms with Crippen LogP contribution in [0.4, 0.5) is 4.39 Å². The smallest absolute Gasteiger partial charge is 0.330 e. The Labute approximate surface area is 145 Å². The fourth-order valence-corrected chi connectivity index (χ4v) is 3.03. The zero-order chi connectivity index (χ0) is 18.1. The summed E-state index contributed by atoms with van der Waals surface area (Å²) in [6, 6.07) is 10.1. The average molecular weight is 338 g/mol. The Morgan fingerprint density at radius 1 is 1.12 bits per heavy atom. The minimum atomic E-state index is -0.906. The molecule has 0 aliphatic rings. The molecule has 0 amide bonds. The van der Waals surface area contributed by atoms with Crippen molar-refractivity contribution in [3.8, 4) is 11.3 Å². The van der Waals surface area contributed by atoms with E-state index in [1.165, 1.54) is 12.1 Å². The molecule has 25 heavy (non-hydrogen) atoms. The van der Waals surface area contributed by atoms with Crippen molar-refractivity contribution in [2.75, 3.05) is 0 Å². The molecule has 0 radical (unpaired) electrons. The van der Waals surface area contributed by atoms with Crippen LogP contribution >= 0.6 is 0 Å². The molecule has 0 bridgehead atoms. The number of carboxylic acids is 1. The first-order valence-electron chi connectivity index (χ1n) is 8.06. The SMILES string of the molecule is C/C(=C\Cc1ccc2oc(-c3ccc(F)cc3)c(C)c2c1C)C(=O)O. The van der Waals surface area contributed by atoms with Gasteiger partial charge in [-0.25, -0.2) is 9.18 Å². The maximum atomic E-state index is 13.2. The van der Waals surface area contributed by atoms with Crippen molar-refractivity contribution in [3.63, 3.8) is 0 Å². The van der Waals surface area contributed by atoms with E-state index in [4.69, 9.17) is 9.52 Å². The van der Waals surface area contributed by atoms with Gasteiger partial charge in [0.1, 0.15) is 17.2 Å². The molecule has 0 spiro atoms. The molecule has 128 valence electrons. The van der Waals surface area contributed by atoms with E-state index in [-0.39, 0.29) is 5.82 Å². The summed E-state index contributed by atoms with van der Waals surface area (Å²) < 4.78 is 19.1. The second-order valence-electron chi connectivity index (χ2n) is 6.18. The molecule has 0 aliphatic carbocycles. The molecular formula is C21H19FO3. The zero-order valence-corrected chi connectivity index (χ0v) is 14.4. The number of aliphatic carboxylic acids is 1. The number of fused-ring (bicyclic) bond motifs is 1. The van der Waals surface area contributed by atoms with Crippen molar-refractivity contribution in [3.05, 3.63) is 70.6 Å². The van der Waals surface area contributed by atoms with Crippen LogP contribution in [0.2, 0.25) is 0 Å². The quantitative estimate of drug-likeness (QED) is 0.645. The summed E-state index contributed by atoms with van der Waals surface area (Å²) >= 11 is 0. The minimum Gasteiger partial charge on any atom is -0.478 e. The monoisotopic (exact) mass is 338 g/mol. The summed E-state index contributed by atoms with van der Waals surface area (Å²) in [4.78, 5) is 10.9. The van der Waals surface area contributed by atoms with Crippen LogP contribution in [-0.4, -0.2) is 11.1 Å². The summed E-state index contributed by atoms with van der Waals surface area (Å²) in [5.41, 5.74) is 5.06. The summed E-state index contributed by atoms with van der Waals surface area (Å²) in [6.45, 7) is 5.59. The first kappa shape index (κ1) is 17.0. The van der Waals surface area contributed by atoms with Crippen molar-refractivity contribution in [1.82, 2.24) is 0 Å². The van der Waals surface area contributed by atoms with Crippen molar-refractivity contribution >= 4 is 16.9 Å². The minimum absolute atomic E-state index is 0.281. The first-order valence-corrected chi connectivity index (χ1v) is 8.06. The summed E-state index contributed by atoms with van der Waals surface area (Å²) in [5, 5.41) is 10.0. The third-order valence-electron chi connectivity index (χ3n) is 4.54. The molecule has 4 heteroatoms. The molecule has 1 heterocycles. The highest BCUT2D eigenvalue weighted by atomic mass is 19.1. The standard InChI is InChI=1S/C21H19FO3/c1-12(21(23)24)4-5-15-8-11-18-19(13(15)2)14(3)20(25-18)16-6-9-17(22)10-7-16/h4,6-11H,5H2,1-3H3,(H,23,24)/b12-4+. The van der Waals surface area contributed by atoms with Gasteiger partial charge in [0.05, 0.1) is 0 Å². The average Bonchev–Trinajstić information content (AvgIpc) is 2.92. The second kappa shape index (κ2) is 6.55. The number of allylic oxidation sites excluding steroid dienone is 1. The molecule has 0 saturated heterocycles. The van der Waals surface area contributed by atoms with Gasteiger partial charge in [0.25, 0.3) is 0 Å². The van der Waals surface area contributed by atoms with Gasteiger partial charge in [-0.05, 0) is 68.7 Å². The molecule has 0 fully saturated rings. The number of carbonyl (C=O) groups is 1. The van der Waals surface area contributed by atoms with Crippen LogP contribution < -0.4 is 0 Å². The Morgan fingerprint density at radius 2 is 1.80 bits per heavy atom. The first-order chi connectivity index (χ1) is 11.9. The molecule has 0 aliphatic heterocycles. The highest BCUT2D eigenvalue weighted by molar-refractivity contribution is 5.91. The summed E-state index contributed by atoms with van der Waals surface area (Å²) in [6.07, 6.45) is 2.27. The summed E-state index contributed by atoms with van der Waals surface area (Å²) in [7, 11) is 0. The van der Waals surface area contributed by atoms with Gasteiger partial charge >= 0.3 is 5.97 Å². The number of rotatable bonds is 4. The lowest BCUT2D eigenvalue weighted by Crippen LogP contribution is -1.97. The third kappa shape index (κ3) is 3.20. The molecule has 1 aromatic heterocycles. The molecule has 0 saturated carbocycles. The predicted molar refractivity (Wildman–Crippen MR) is 96.2 cm³/mol. The van der Waals surface area contributed by atoms with E-state index < -0.39 is 5.97 Å². The van der Waals surface area contributed by atoms with E-state index >= 15 is 0 Å². The largest absolute Gasteiger partial charge is 0.478 e. The Bertz CT molecular complexity index is 979. The van der Waals surface area contributed by atoms with Gasteiger partial charge in [-0.2, -0.15) is 0 Å². The number of furan rings is 1. The van der Waals surface area contributed by atoms with Gasteiger partial charge < -0.3 is 9.52 Å². The Balaban J connectivity index is 2.07. The van der Waals surface area contributed by atoms with Crippen molar-refractivity contribution in [1.29, 1.82) is 0 Å². The Morgan fingerprint density at radius 3 is 2.44 bits per heavy atom. The molecule has 3 rings (SSSR count). The zero-order valence-electron chi connectivity index (χ0n) is 14.4. The molecule has 3 aromatic rings. The van der Waals surface area contributed by atoms with Crippen molar-refractivity contribution in [2.45, 2.75) is 27.2 Å². The van der Waals surface area contributed by atoms with Gasteiger partial charge in [0, 0.05) is 22.1 Å². The van der Waals surface area contributed by atoms with Gasteiger partial charge in [-0.1, -0.05) is 12.1 Å². The fraction of sp³-hybridized carbons (Fsp3) is 0.190. The van der Waals surface area contributed by atoms with Crippen LogP contribution in [-0.2, 0) is 11.2 Å². The van der Waals surface area contributed by atoms with E-state index in [0.29, 0.717) is 12.0 Å². The number of carboxylic acid groups (broad SMARTS) is 1. The highest BCUT2D eigenvalue weighted by Gasteiger charge is 2.16. The van der Waals surface area contributed by atoms with Gasteiger partial charge in [-0.3, -0.25) is 0 Å². The second-order valence-corrected chi connectivity index (χ2v) is 6.18. The summed E-state index contributed by atoms with van der Waals surface area (Å²) in [5.74, 6) is -0.458. The molecular weight excluding hydrogens is 319 g/mol. The number of hydrogen-bond acceptors (Lipinski definition) is 2. The van der Waals surface area contributed by atoms with Crippen LogP contribution in [0.15, 0.2) is 52.5 Å².